The van der Waals surface area contributed by atoms with Gasteiger partial charge in [-0.15, -0.1) is 0 Å². The average molecular weight is 209 g/mol. The van der Waals surface area contributed by atoms with E-state index in [4.69, 9.17) is 0 Å². The highest BCUT2D eigenvalue weighted by atomic mass is 16.2. The van der Waals surface area contributed by atoms with Crippen molar-refractivity contribution in [1.82, 2.24) is 15.5 Å². The summed E-state index contributed by atoms with van der Waals surface area (Å²) in [6.45, 7) is 1.64. The minimum absolute atomic E-state index is 0.00690. The molecule has 5 nitrogen and oxygen atoms in total. The summed E-state index contributed by atoms with van der Waals surface area (Å²) < 4.78 is 0. The summed E-state index contributed by atoms with van der Waals surface area (Å²) in [5.74, 6) is 0.00690. The molecule has 2 saturated heterocycles. The van der Waals surface area contributed by atoms with Crippen molar-refractivity contribution >= 4 is 11.9 Å². The first kappa shape index (κ1) is 9.15. The predicted octanol–water partition coefficient (Wildman–Crippen LogP) is -0.177. The standard InChI is InChI=1S/C10H15N3O2/c14-8-10(3-1-4-10)12-9(15)13(8)7-2-5-11-6-7/h7,11H,1-6H2,(H,12,15). The van der Waals surface area contributed by atoms with Gasteiger partial charge in [-0.3, -0.25) is 9.69 Å². The Bertz CT molecular complexity index is 319. The third-order valence-corrected chi connectivity index (χ3v) is 3.80. The van der Waals surface area contributed by atoms with Crippen LogP contribution in [-0.2, 0) is 4.79 Å². The van der Waals surface area contributed by atoms with E-state index in [1.165, 1.54) is 4.90 Å². The zero-order chi connectivity index (χ0) is 10.5. The Balaban J connectivity index is 1.83. The smallest absolute Gasteiger partial charge is 0.323 e. The van der Waals surface area contributed by atoms with Gasteiger partial charge in [-0.1, -0.05) is 0 Å². The first-order valence-electron chi connectivity index (χ1n) is 5.59. The Morgan fingerprint density at radius 3 is 2.60 bits per heavy atom. The fourth-order valence-electron chi connectivity index (χ4n) is 2.70. The van der Waals surface area contributed by atoms with E-state index in [2.05, 4.69) is 10.6 Å². The zero-order valence-corrected chi connectivity index (χ0v) is 8.58. The lowest BCUT2D eigenvalue weighted by Crippen LogP contribution is -2.53. The fourth-order valence-corrected chi connectivity index (χ4v) is 2.70. The second-order valence-electron chi connectivity index (χ2n) is 4.69. The summed E-state index contributed by atoms with van der Waals surface area (Å²) in [5, 5.41) is 6.03. The highest BCUT2D eigenvalue weighted by molar-refractivity contribution is 6.07. The molecule has 0 radical (unpaired) electrons. The van der Waals surface area contributed by atoms with Gasteiger partial charge in [0.05, 0.1) is 6.04 Å². The van der Waals surface area contributed by atoms with Crippen LogP contribution >= 0.6 is 0 Å². The quantitative estimate of drug-likeness (QED) is 0.589. The van der Waals surface area contributed by atoms with Crippen LogP contribution in [-0.4, -0.2) is 41.5 Å². The van der Waals surface area contributed by atoms with E-state index < -0.39 is 5.54 Å². The molecule has 3 aliphatic rings. The molecule has 0 aromatic heterocycles. The number of amides is 3. The number of carbonyl (C=O) groups excluding carboxylic acids is 2. The van der Waals surface area contributed by atoms with E-state index in [1.54, 1.807) is 0 Å². The van der Waals surface area contributed by atoms with Gasteiger partial charge >= 0.3 is 6.03 Å². The third kappa shape index (κ3) is 1.13. The maximum absolute atomic E-state index is 12.1. The van der Waals surface area contributed by atoms with Gasteiger partial charge in [0, 0.05) is 6.54 Å². The normalized spacial score (nSPS) is 33.3. The van der Waals surface area contributed by atoms with Crippen molar-refractivity contribution in [2.24, 2.45) is 0 Å². The number of carbonyl (C=O) groups is 2. The van der Waals surface area contributed by atoms with E-state index in [0.29, 0.717) is 0 Å². The maximum Gasteiger partial charge on any atom is 0.325 e. The number of nitrogens with one attached hydrogen (secondary N) is 2. The Labute approximate surface area is 88.2 Å². The van der Waals surface area contributed by atoms with Gasteiger partial charge in [0.15, 0.2) is 0 Å². The largest absolute Gasteiger partial charge is 0.325 e. The minimum atomic E-state index is -0.514. The van der Waals surface area contributed by atoms with Crippen molar-refractivity contribution in [3.05, 3.63) is 0 Å². The van der Waals surface area contributed by atoms with Crippen molar-refractivity contribution < 1.29 is 9.59 Å². The van der Waals surface area contributed by atoms with Gasteiger partial charge in [-0.2, -0.15) is 0 Å². The van der Waals surface area contributed by atoms with Crippen molar-refractivity contribution in [3.8, 4) is 0 Å². The number of hydrogen-bond acceptors (Lipinski definition) is 3. The van der Waals surface area contributed by atoms with Gasteiger partial charge in [0.2, 0.25) is 0 Å². The molecule has 1 spiro atoms. The van der Waals surface area contributed by atoms with Gasteiger partial charge in [0.25, 0.3) is 5.91 Å². The molecule has 0 aromatic rings. The lowest BCUT2D eigenvalue weighted by molar-refractivity contribution is -0.135. The van der Waals surface area contributed by atoms with Crippen LogP contribution in [0.1, 0.15) is 25.7 Å². The highest BCUT2D eigenvalue weighted by Crippen LogP contribution is 2.38. The number of imide groups is 1. The Hall–Kier alpha value is -1.10. The Kier molecular flexibility index (Phi) is 1.80. The first-order chi connectivity index (χ1) is 7.23. The molecular formula is C10H15N3O2. The topological polar surface area (TPSA) is 61.4 Å². The second kappa shape index (κ2) is 2.95. The molecule has 5 heteroatoms. The van der Waals surface area contributed by atoms with Crippen LogP contribution in [0.4, 0.5) is 4.79 Å². The average Bonchev–Trinajstić information content (AvgIpc) is 2.70. The highest BCUT2D eigenvalue weighted by Gasteiger charge is 2.56. The molecule has 1 unspecified atom stereocenters. The van der Waals surface area contributed by atoms with Crippen LogP contribution < -0.4 is 10.6 Å². The Morgan fingerprint density at radius 2 is 2.13 bits per heavy atom. The van der Waals surface area contributed by atoms with E-state index in [9.17, 15) is 9.59 Å². The monoisotopic (exact) mass is 209 g/mol. The number of nitrogens with zero attached hydrogens (tertiary/aromatic N) is 1. The van der Waals surface area contributed by atoms with E-state index in [1.807, 2.05) is 0 Å². The third-order valence-electron chi connectivity index (χ3n) is 3.80. The van der Waals surface area contributed by atoms with Gasteiger partial charge in [-0.25, -0.2) is 4.79 Å². The Morgan fingerprint density at radius 1 is 1.33 bits per heavy atom. The van der Waals surface area contributed by atoms with Crippen LogP contribution in [0.2, 0.25) is 0 Å². The molecule has 3 rings (SSSR count). The second-order valence-corrected chi connectivity index (χ2v) is 4.69. The van der Waals surface area contributed by atoms with Crippen LogP contribution in [0.3, 0.4) is 0 Å². The summed E-state index contributed by atoms with van der Waals surface area (Å²) in [6.07, 6.45) is 3.56. The van der Waals surface area contributed by atoms with Crippen molar-refractivity contribution in [2.45, 2.75) is 37.3 Å². The van der Waals surface area contributed by atoms with Crippen LogP contribution in [0.15, 0.2) is 0 Å². The summed E-state index contributed by atoms with van der Waals surface area (Å²) >= 11 is 0. The van der Waals surface area contributed by atoms with Gasteiger partial charge in [-0.05, 0) is 32.2 Å². The lowest BCUT2D eigenvalue weighted by Gasteiger charge is -2.35. The molecular weight excluding hydrogens is 194 g/mol. The molecule has 3 fully saturated rings. The molecule has 0 bridgehead atoms. The van der Waals surface area contributed by atoms with Crippen LogP contribution in [0.5, 0.6) is 0 Å². The molecule has 1 saturated carbocycles. The van der Waals surface area contributed by atoms with Crippen molar-refractivity contribution in [2.75, 3.05) is 13.1 Å². The summed E-state index contributed by atoms with van der Waals surface area (Å²) in [4.78, 5) is 25.3. The predicted molar refractivity (Wildman–Crippen MR) is 53.2 cm³/mol. The van der Waals surface area contributed by atoms with Crippen molar-refractivity contribution in [1.29, 1.82) is 0 Å². The molecule has 15 heavy (non-hydrogen) atoms. The lowest BCUT2D eigenvalue weighted by atomic mass is 9.77. The first-order valence-corrected chi connectivity index (χ1v) is 5.59. The van der Waals surface area contributed by atoms with Gasteiger partial charge < -0.3 is 10.6 Å². The zero-order valence-electron chi connectivity index (χ0n) is 8.58. The SMILES string of the molecule is O=C1NC2(CCC2)C(=O)N1C1CCNC1. The molecule has 2 heterocycles. The van der Waals surface area contributed by atoms with E-state index in [0.717, 1.165) is 38.8 Å². The van der Waals surface area contributed by atoms with E-state index in [-0.39, 0.29) is 18.0 Å². The molecule has 2 N–H and O–H groups in total. The minimum Gasteiger partial charge on any atom is -0.323 e. The molecule has 1 aliphatic carbocycles. The molecule has 3 amide bonds. The summed E-state index contributed by atoms with van der Waals surface area (Å²) in [6, 6.07) is -0.120. The summed E-state index contributed by atoms with van der Waals surface area (Å²) in [5.41, 5.74) is -0.514. The van der Waals surface area contributed by atoms with Crippen LogP contribution in [0.25, 0.3) is 0 Å². The summed E-state index contributed by atoms with van der Waals surface area (Å²) in [7, 11) is 0. The van der Waals surface area contributed by atoms with Crippen molar-refractivity contribution in [3.63, 3.8) is 0 Å². The number of rotatable bonds is 1. The molecule has 1 atom stereocenters. The maximum atomic E-state index is 12.1. The van der Waals surface area contributed by atoms with E-state index >= 15 is 0 Å². The molecule has 2 aliphatic heterocycles. The fraction of sp³-hybridized carbons (Fsp3) is 0.800. The molecule has 0 aromatic carbocycles. The van der Waals surface area contributed by atoms with Crippen LogP contribution in [0, 0.1) is 0 Å². The number of urea groups is 1. The molecule has 82 valence electrons. The van der Waals surface area contributed by atoms with Gasteiger partial charge in [0.1, 0.15) is 5.54 Å². The number of hydrogen-bond donors (Lipinski definition) is 2.